The van der Waals surface area contributed by atoms with Gasteiger partial charge in [0.25, 0.3) is 0 Å². The molecule has 1 aliphatic heterocycles. The molecule has 2 amide bonds. The summed E-state index contributed by atoms with van der Waals surface area (Å²) >= 11 is 0. The number of amides is 2. The maximum absolute atomic E-state index is 13.2. The summed E-state index contributed by atoms with van der Waals surface area (Å²) in [6.07, 6.45) is 12.8. The highest BCUT2D eigenvalue weighted by atomic mass is 19.1. The first-order chi connectivity index (χ1) is 19.0. The number of hydrogen-bond acceptors (Lipinski definition) is 6. The predicted molar refractivity (Wildman–Crippen MR) is 139 cm³/mol. The normalized spacial score (nSPS) is 14.0. The number of nitrogens with one attached hydrogen (secondary N) is 1. The van der Waals surface area contributed by atoms with Gasteiger partial charge in [0.15, 0.2) is 11.6 Å². The van der Waals surface area contributed by atoms with E-state index in [0.717, 1.165) is 46.8 Å². The number of rotatable bonds is 5. The van der Waals surface area contributed by atoms with Crippen molar-refractivity contribution < 1.29 is 9.18 Å². The van der Waals surface area contributed by atoms with Gasteiger partial charge in [0, 0.05) is 56.4 Å². The van der Waals surface area contributed by atoms with Crippen molar-refractivity contribution in [3.05, 3.63) is 84.1 Å². The number of pyridine rings is 2. The maximum Gasteiger partial charge on any atom is 0.317 e. The molecule has 0 saturated carbocycles. The van der Waals surface area contributed by atoms with Gasteiger partial charge in [-0.15, -0.1) is 0 Å². The number of carbonyl (C=O) groups excluding carboxylic acids is 1. The maximum atomic E-state index is 13.2. The minimum atomic E-state index is -0.432. The molecule has 6 heterocycles. The number of fused-ring (bicyclic) bond motifs is 1. The molecule has 11 nitrogen and oxygen atoms in total. The Kier molecular flexibility index (Phi) is 6.24. The fourth-order valence-corrected chi connectivity index (χ4v) is 5.04. The number of halogens is 1. The van der Waals surface area contributed by atoms with Crippen LogP contribution < -0.4 is 5.32 Å². The van der Waals surface area contributed by atoms with Gasteiger partial charge in [0.1, 0.15) is 6.07 Å². The van der Waals surface area contributed by atoms with Crippen LogP contribution in [0.25, 0.3) is 22.5 Å². The molecule has 39 heavy (non-hydrogen) atoms. The number of nitrogens with zero attached hydrogens (tertiary/aromatic N) is 9. The van der Waals surface area contributed by atoms with Crippen LogP contribution in [-0.2, 0) is 13.6 Å². The first-order valence-corrected chi connectivity index (χ1v) is 12.6. The van der Waals surface area contributed by atoms with Crippen LogP contribution in [0, 0.1) is 17.1 Å². The van der Waals surface area contributed by atoms with E-state index in [-0.39, 0.29) is 11.9 Å². The Hall–Kier alpha value is -5.05. The highest BCUT2D eigenvalue weighted by molar-refractivity contribution is 5.75. The standard InChI is InChI=1S/C27H25FN10O/c1-35-15-22(13-32-35)20-8-24(26-21(9-29)12-33-38(26)16-20)19-4-6-36(7-5-19)27(39)31-11-18-2-3-25(30-10-18)37-17-23(28)14-34-37/h2-3,8,10,12-17,19H,4-7,11H2,1H3,(H,31,39). The Morgan fingerprint density at radius 1 is 1.08 bits per heavy atom. The van der Waals surface area contributed by atoms with Crippen molar-refractivity contribution in [3.63, 3.8) is 0 Å². The van der Waals surface area contributed by atoms with Gasteiger partial charge in [-0.3, -0.25) is 4.68 Å². The van der Waals surface area contributed by atoms with E-state index >= 15 is 0 Å². The van der Waals surface area contributed by atoms with E-state index in [4.69, 9.17) is 0 Å². The van der Waals surface area contributed by atoms with E-state index < -0.39 is 5.82 Å². The second-order valence-electron chi connectivity index (χ2n) is 9.60. The number of nitriles is 1. The van der Waals surface area contributed by atoms with Crippen molar-refractivity contribution >= 4 is 11.5 Å². The largest absolute Gasteiger partial charge is 0.334 e. The number of carbonyl (C=O) groups is 1. The van der Waals surface area contributed by atoms with Gasteiger partial charge < -0.3 is 10.2 Å². The molecule has 5 aromatic rings. The first kappa shape index (κ1) is 24.3. The molecule has 1 N–H and O–H groups in total. The van der Waals surface area contributed by atoms with Gasteiger partial charge in [0.05, 0.1) is 35.9 Å². The molecular formula is C27H25FN10O. The minimum absolute atomic E-state index is 0.136. The number of likely N-dealkylation sites (tertiary alicyclic amines) is 1. The lowest BCUT2D eigenvalue weighted by Gasteiger charge is -2.32. The van der Waals surface area contributed by atoms with Crippen molar-refractivity contribution in [2.75, 3.05) is 13.1 Å². The third kappa shape index (κ3) is 4.82. The molecule has 1 fully saturated rings. The van der Waals surface area contributed by atoms with Crippen molar-refractivity contribution in [3.8, 4) is 23.0 Å². The van der Waals surface area contributed by atoms with Crippen molar-refractivity contribution in [2.24, 2.45) is 7.05 Å². The van der Waals surface area contributed by atoms with Crippen LogP contribution in [-0.4, -0.2) is 58.2 Å². The Balaban J connectivity index is 1.12. The average molecular weight is 525 g/mol. The van der Waals surface area contributed by atoms with Crippen LogP contribution in [0.4, 0.5) is 9.18 Å². The van der Waals surface area contributed by atoms with E-state index in [1.807, 2.05) is 36.6 Å². The fraction of sp³-hybridized carbons (Fsp3) is 0.259. The quantitative estimate of drug-likeness (QED) is 0.376. The number of piperidine rings is 1. The van der Waals surface area contributed by atoms with E-state index in [9.17, 15) is 14.4 Å². The van der Waals surface area contributed by atoms with Gasteiger partial charge in [-0.1, -0.05) is 6.07 Å². The molecule has 6 rings (SSSR count). The minimum Gasteiger partial charge on any atom is -0.334 e. The van der Waals surface area contributed by atoms with Crippen LogP contribution in [0.1, 0.15) is 35.4 Å². The zero-order valence-corrected chi connectivity index (χ0v) is 21.2. The van der Waals surface area contributed by atoms with E-state index in [2.05, 4.69) is 37.7 Å². The molecule has 1 aliphatic rings. The smallest absolute Gasteiger partial charge is 0.317 e. The highest BCUT2D eigenvalue weighted by Crippen LogP contribution is 2.35. The summed E-state index contributed by atoms with van der Waals surface area (Å²) in [5.74, 6) is 0.245. The Labute approximate surface area is 223 Å². The van der Waals surface area contributed by atoms with Crippen LogP contribution >= 0.6 is 0 Å². The average Bonchev–Trinajstić information content (AvgIpc) is 3.71. The van der Waals surface area contributed by atoms with Crippen molar-refractivity contribution in [2.45, 2.75) is 25.3 Å². The summed E-state index contributed by atoms with van der Waals surface area (Å²) in [5, 5.41) is 25.3. The molecule has 0 radical (unpaired) electrons. The summed E-state index contributed by atoms with van der Waals surface area (Å²) in [6.45, 7) is 1.52. The van der Waals surface area contributed by atoms with E-state index in [1.165, 1.54) is 10.9 Å². The zero-order valence-electron chi connectivity index (χ0n) is 21.2. The summed E-state index contributed by atoms with van der Waals surface area (Å²) in [6, 6.07) is 7.81. The second kappa shape index (κ2) is 10.0. The molecule has 196 valence electrons. The highest BCUT2D eigenvalue weighted by Gasteiger charge is 2.27. The van der Waals surface area contributed by atoms with Gasteiger partial charge in [-0.25, -0.2) is 23.4 Å². The molecule has 12 heteroatoms. The molecule has 0 aromatic carbocycles. The molecule has 0 spiro atoms. The number of urea groups is 1. The zero-order chi connectivity index (χ0) is 26.9. The Morgan fingerprint density at radius 2 is 1.92 bits per heavy atom. The molecule has 5 aromatic heterocycles. The molecule has 0 aliphatic carbocycles. The van der Waals surface area contributed by atoms with Gasteiger partial charge in [-0.2, -0.15) is 20.6 Å². The second-order valence-corrected chi connectivity index (χ2v) is 9.60. The van der Waals surface area contributed by atoms with Crippen LogP contribution in [0.2, 0.25) is 0 Å². The summed E-state index contributed by atoms with van der Waals surface area (Å²) in [7, 11) is 1.88. The van der Waals surface area contributed by atoms with Gasteiger partial charge in [0.2, 0.25) is 0 Å². The molecule has 1 saturated heterocycles. The summed E-state index contributed by atoms with van der Waals surface area (Å²) in [5.41, 5.74) is 5.21. The first-order valence-electron chi connectivity index (χ1n) is 12.6. The van der Waals surface area contributed by atoms with Crippen LogP contribution in [0.15, 0.2) is 61.6 Å². The third-order valence-corrected chi connectivity index (χ3v) is 7.06. The third-order valence-electron chi connectivity index (χ3n) is 7.06. The number of hydrogen-bond donors (Lipinski definition) is 1. The molecule has 0 bridgehead atoms. The lowest BCUT2D eigenvalue weighted by atomic mass is 9.87. The lowest BCUT2D eigenvalue weighted by Crippen LogP contribution is -2.43. The van der Waals surface area contributed by atoms with E-state index in [0.29, 0.717) is 31.0 Å². The molecular weight excluding hydrogens is 499 g/mol. The van der Waals surface area contributed by atoms with Crippen molar-refractivity contribution in [1.29, 1.82) is 5.26 Å². The predicted octanol–water partition coefficient (Wildman–Crippen LogP) is 3.42. The Morgan fingerprint density at radius 3 is 2.59 bits per heavy atom. The summed E-state index contributed by atoms with van der Waals surface area (Å²) in [4.78, 5) is 19.0. The SMILES string of the molecule is Cn1cc(-c2cc(C3CCN(C(=O)NCc4ccc(-n5cc(F)cn5)nc4)CC3)c3c(C#N)cnn3c2)cn1. The topological polar surface area (TPSA) is 122 Å². The molecule has 0 unspecified atom stereocenters. The monoisotopic (exact) mass is 524 g/mol. The Bertz CT molecular complexity index is 1690. The van der Waals surface area contributed by atoms with Crippen molar-refractivity contribution in [1.82, 2.24) is 44.4 Å². The van der Waals surface area contributed by atoms with Gasteiger partial charge >= 0.3 is 6.03 Å². The number of aromatic nitrogens is 7. The fourth-order valence-electron chi connectivity index (χ4n) is 5.04. The molecule has 0 atom stereocenters. The summed E-state index contributed by atoms with van der Waals surface area (Å²) < 4.78 is 18.1. The number of aryl methyl sites for hydroxylation is 1. The van der Waals surface area contributed by atoms with Crippen LogP contribution in [0.3, 0.4) is 0 Å². The van der Waals surface area contributed by atoms with Gasteiger partial charge in [-0.05, 0) is 42.0 Å². The van der Waals surface area contributed by atoms with E-state index in [1.54, 1.807) is 27.7 Å². The van der Waals surface area contributed by atoms with Crippen LogP contribution in [0.5, 0.6) is 0 Å². The lowest BCUT2D eigenvalue weighted by molar-refractivity contribution is 0.181.